The van der Waals surface area contributed by atoms with E-state index in [1.165, 1.54) is 6.42 Å². The average Bonchev–Trinajstić information content (AvgIpc) is 2.30. The van der Waals surface area contributed by atoms with E-state index >= 15 is 0 Å². The minimum Gasteiger partial charge on any atom is -0.336 e. The Hall–Kier alpha value is -0.830. The van der Waals surface area contributed by atoms with Gasteiger partial charge in [0.1, 0.15) is 0 Å². The lowest BCUT2D eigenvalue weighted by Gasteiger charge is -2.33. The Balaban J connectivity index is 2.14. The Labute approximate surface area is 105 Å². The van der Waals surface area contributed by atoms with Gasteiger partial charge in [-0.3, -0.25) is 4.79 Å². The molecule has 1 aromatic carbocycles. The van der Waals surface area contributed by atoms with Crippen molar-refractivity contribution >= 4 is 21.8 Å². The number of piperidine rings is 1. The zero-order valence-corrected chi connectivity index (χ0v) is 11.0. The summed E-state index contributed by atoms with van der Waals surface area (Å²) in [6, 6.07) is 7.98. The van der Waals surface area contributed by atoms with E-state index in [9.17, 15) is 4.79 Å². The van der Waals surface area contributed by atoms with Crippen molar-refractivity contribution in [3.8, 4) is 0 Å². The first kappa shape index (κ1) is 11.6. The van der Waals surface area contributed by atoms with Gasteiger partial charge in [0.05, 0.1) is 0 Å². The molecule has 0 bridgehead atoms. The van der Waals surface area contributed by atoms with Crippen LogP contribution in [0.4, 0.5) is 0 Å². The van der Waals surface area contributed by atoms with Crippen LogP contribution in [0, 0.1) is 0 Å². The Kier molecular flexibility index (Phi) is 3.64. The highest BCUT2D eigenvalue weighted by molar-refractivity contribution is 9.10. The van der Waals surface area contributed by atoms with Crippen LogP contribution in [0.1, 0.15) is 36.5 Å². The summed E-state index contributed by atoms with van der Waals surface area (Å²) in [4.78, 5) is 14.2. The van der Waals surface area contributed by atoms with Crippen LogP contribution in [-0.2, 0) is 0 Å². The standard InChI is InChI=1S/C13H16BrNO/c1-10-4-2-3-9-15(10)13(16)11-5-7-12(14)8-6-11/h5-8,10H,2-4,9H2,1H3/t10-/m1/s1. The predicted molar refractivity (Wildman–Crippen MR) is 68.5 cm³/mol. The van der Waals surface area contributed by atoms with Crippen molar-refractivity contribution in [3.63, 3.8) is 0 Å². The number of benzene rings is 1. The lowest BCUT2D eigenvalue weighted by Crippen LogP contribution is -2.41. The second kappa shape index (κ2) is 5.00. The summed E-state index contributed by atoms with van der Waals surface area (Å²) in [6.45, 7) is 3.03. The van der Waals surface area contributed by atoms with Crippen molar-refractivity contribution in [2.75, 3.05) is 6.54 Å². The van der Waals surface area contributed by atoms with Crippen LogP contribution in [0.15, 0.2) is 28.7 Å². The summed E-state index contributed by atoms with van der Waals surface area (Å²) in [7, 11) is 0. The molecule has 86 valence electrons. The zero-order chi connectivity index (χ0) is 11.5. The number of rotatable bonds is 1. The molecule has 1 aliphatic rings. The molecule has 1 aliphatic heterocycles. The molecule has 0 aliphatic carbocycles. The van der Waals surface area contributed by atoms with Gasteiger partial charge in [-0.15, -0.1) is 0 Å². The molecule has 1 fully saturated rings. The van der Waals surface area contributed by atoms with E-state index in [0.717, 1.165) is 29.4 Å². The van der Waals surface area contributed by atoms with Gasteiger partial charge < -0.3 is 4.90 Å². The van der Waals surface area contributed by atoms with Crippen LogP contribution < -0.4 is 0 Å². The first-order chi connectivity index (χ1) is 7.68. The van der Waals surface area contributed by atoms with Crippen molar-refractivity contribution in [2.45, 2.75) is 32.2 Å². The summed E-state index contributed by atoms with van der Waals surface area (Å²) >= 11 is 3.38. The maximum atomic E-state index is 12.2. The maximum Gasteiger partial charge on any atom is 0.254 e. The molecule has 1 heterocycles. The lowest BCUT2D eigenvalue weighted by molar-refractivity contribution is 0.0635. The number of nitrogens with zero attached hydrogens (tertiary/aromatic N) is 1. The van der Waals surface area contributed by atoms with Gasteiger partial charge in [0, 0.05) is 22.6 Å². The molecule has 1 amide bonds. The monoisotopic (exact) mass is 281 g/mol. The fourth-order valence-corrected chi connectivity index (χ4v) is 2.42. The minimum atomic E-state index is 0.166. The van der Waals surface area contributed by atoms with E-state index in [4.69, 9.17) is 0 Å². The molecule has 0 aromatic heterocycles. The van der Waals surface area contributed by atoms with Gasteiger partial charge in [-0.2, -0.15) is 0 Å². The Bertz CT molecular complexity index is 374. The SMILES string of the molecule is C[C@@H]1CCCCN1C(=O)c1ccc(Br)cc1. The van der Waals surface area contributed by atoms with Crippen LogP contribution in [0.5, 0.6) is 0 Å². The first-order valence-electron chi connectivity index (χ1n) is 5.75. The molecular weight excluding hydrogens is 266 g/mol. The fourth-order valence-electron chi connectivity index (χ4n) is 2.16. The number of hydrogen-bond donors (Lipinski definition) is 0. The molecule has 2 rings (SSSR count). The number of carbonyl (C=O) groups is 1. The molecular formula is C13H16BrNO. The average molecular weight is 282 g/mol. The quantitative estimate of drug-likeness (QED) is 0.772. The second-order valence-corrected chi connectivity index (χ2v) is 5.27. The number of carbonyl (C=O) groups excluding carboxylic acids is 1. The van der Waals surface area contributed by atoms with E-state index in [1.807, 2.05) is 29.2 Å². The van der Waals surface area contributed by atoms with Gasteiger partial charge in [0.15, 0.2) is 0 Å². The molecule has 16 heavy (non-hydrogen) atoms. The molecule has 0 saturated carbocycles. The van der Waals surface area contributed by atoms with Crippen LogP contribution in [0.25, 0.3) is 0 Å². The summed E-state index contributed by atoms with van der Waals surface area (Å²) in [6.07, 6.45) is 3.50. The Morgan fingerprint density at radius 3 is 2.62 bits per heavy atom. The highest BCUT2D eigenvalue weighted by atomic mass is 79.9. The summed E-state index contributed by atoms with van der Waals surface area (Å²) in [5, 5.41) is 0. The third-order valence-electron chi connectivity index (χ3n) is 3.16. The molecule has 0 spiro atoms. The molecule has 0 unspecified atom stereocenters. The van der Waals surface area contributed by atoms with Crippen molar-refractivity contribution in [1.82, 2.24) is 4.90 Å². The number of hydrogen-bond acceptors (Lipinski definition) is 1. The van der Waals surface area contributed by atoms with Gasteiger partial charge >= 0.3 is 0 Å². The van der Waals surface area contributed by atoms with E-state index in [2.05, 4.69) is 22.9 Å². The maximum absolute atomic E-state index is 12.2. The largest absolute Gasteiger partial charge is 0.336 e. The van der Waals surface area contributed by atoms with Crippen LogP contribution >= 0.6 is 15.9 Å². The smallest absolute Gasteiger partial charge is 0.254 e. The summed E-state index contributed by atoms with van der Waals surface area (Å²) in [5.41, 5.74) is 0.789. The fraction of sp³-hybridized carbons (Fsp3) is 0.462. The van der Waals surface area contributed by atoms with E-state index < -0.39 is 0 Å². The third kappa shape index (κ3) is 2.46. The van der Waals surface area contributed by atoms with Crippen molar-refractivity contribution in [3.05, 3.63) is 34.3 Å². The topological polar surface area (TPSA) is 20.3 Å². The van der Waals surface area contributed by atoms with E-state index in [0.29, 0.717) is 6.04 Å². The van der Waals surface area contributed by atoms with Gasteiger partial charge in [-0.25, -0.2) is 0 Å². The second-order valence-electron chi connectivity index (χ2n) is 4.35. The number of amides is 1. The molecule has 0 radical (unpaired) electrons. The predicted octanol–water partition coefficient (Wildman–Crippen LogP) is 3.46. The first-order valence-corrected chi connectivity index (χ1v) is 6.54. The molecule has 1 aromatic rings. The van der Waals surface area contributed by atoms with Gasteiger partial charge in [-0.1, -0.05) is 15.9 Å². The van der Waals surface area contributed by atoms with Crippen LogP contribution in [-0.4, -0.2) is 23.4 Å². The van der Waals surface area contributed by atoms with Crippen LogP contribution in [0.3, 0.4) is 0 Å². The number of halogens is 1. The molecule has 1 atom stereocenters. The van der Waals surface area contributed by atoms with Crippen LogP contribution in [0.2, 0.25) is 0 Å². The van der Waals surface area contributed by atoms with E-state index in [-0.39, 0.29) is 5.91 Å². The van der Waals surface area contributed by atoms with Crippen molar-refractivity contribution < 1.29 is 4.79 Å². The minimum absolute atomic E-state index is 0.166. The zero-order valence-electron chi connectivity index (χ0n) is 9.45. The summed E-state index contributed by atoms with van der Waals surface area (Å²) < 4.78 is 1.01. The molecule has 2 nitrogen and oxygen atoms in total. The van der Waals surface area contributed by atoms with Gasteiger partial charge in [-0.05, 0) is 50.5 Å². The Morgan fingerprint density at radius 2 is 2.00 bits per heavy atom. The Morgan fingerprint density at radius 1 is 1.31 bits per heavy atom. The van der Waals surface area contributed by atoms with Gasteiger partial charge in [0.25, 0.3) is 5.91 Å². The normalized spacial score (nSPS) is 20.9. The van der Waals surface area contributed by atoms with Crippen molar-refractivity contribution in [1.29, 1.82) is 0 Å². The number of likely N-dealkylation sites (tertiary alicyclic amines) is 1. The van der Waals surface area contributed by atoms with Gasteiger partial charge in [0.2, 0.25) is 0 Å². The highest BCUT2D eigenvalue weighted by Crippen LogP contribution is 2.20. The molecule has 0 N–H and O–H groups in total. The highest BCUT2D eigenvalue weighted by Gasteiger charge is 2.23. The van der Waals surface area contributed by atoms with E-state index in [1.54, 1.807) is 0 Å². The third-order valence-corrected chi connectivity index (χ3v) is 3.68. The lowest BCUT2D eigenvalue weighted by atomic mass is 10.0. The molecule has 3 heteroatoms. The summed E-state index contributed by atoms with van der Waals surface area (Å²) in [5.74, 6) is 0.166. The van der Waals surface area contributed by atoms with Crippen molar-refractivity contribution in [2.24, 2.45) is 0 Å². The molecule has 1 saturated heterocycles.